The molecule has 1 aliphatic carbocycles. The highest BCUT2D eigenvalue weighted by Gasteiger charge is 2.21. The Kier molecular flexibility index (Phi) is 1.87. The Labute approximate surface area is 75.4 Å². The number of aryl methyl sites for hydroxylation is 1. The van der Waals surface area contributed by atoms with E-state index >= 15 is 0 Å². The number of halogens is 1. The molecule has 0 spiro atoms. The second kappa shape index (κ2) is 2.80. The van der Waals surface area contributed by atoms with Gasteiger partial charge in [0.05, 0.1) is 5.69 Å². The third-order valence-corrected chi connectivity index (χ3v) is 2.82. The standard InChI is InChI=1S/C7H9FN2O2S/c8-13(11,12)4-7-5-2-1-3-6(5)9-10-7/h1-4H2,(H,9,10). The Morgan fingerprint density at radius 3 is 2.92 bits per heavy atom. The number of rotatable bonds is 2. The van der Waals surface area contributed by atoms with Gasteiger partial charge in [-0.3, -0.25) is 5.10 Å². The highest BCUT2D eigenvalue weighted by Crippen LogP contribution is 2.24. The molecule has 6 heteroatoms. The van der Waals surface area contributed by atoms with E-state index in [1.165, 1.54) is 0 Å². The van der Waals surface area contributed by atoms with Gasteiger partial charge in [0.25, 0.3) is 0 Å². The summed E-state index contributed by atoms with van der Waals surface area (Å²) in [7, 11) is -4.45. The van der Waals surface area contributed by atoms with Gasteiger partial charge in [-0.2, -0.15) is 13.5 Å². The van der Waals surface area contributed by atoms with Crippen molar-refractivity contribution in [2.45, 2.75) is 25.0 Å². The van der Waals surface area contributed by atoms with Gasteiger partial charge in [-0.15, -0.1) is 3.89 Å². The highest BCUT2D eigenvalue weighted by molar-refractivity contribution is 7.85. The smallest absolute Gasteiger partial charge is 0.282 e. The number of aromatic amines is 1. The van der Waals surface area contributed by atoms with E-state index in [4.69, 9.17) is 0 Å². The molecule has 13 heavy (non-hydrogen) atoms. The first-order valence-electron chi connectivity index (χ1n) is 4.03. The third kappa shape index (κ3) is 1.72. The zero-order chi connectivity index (χ0) is 9.47. The lowest BCUT2D eigenvalue weighted by atomic mass is 10.2. The van der Waals surface area contributed by atoms with Gasteiger partial charge < -0.3 is 0 Å². The quantitative estimate of drug-likeness (QED) is 0.721. The van der Waals surface area contributed by atoms with Crippen LogP contribution < -0.4 is 0 Å². The van der Waals surface area contributed by atoms with Crippen molar-refractivity contribution in [1.29, 1.82) is 0 Å². The first kappa shape index (κ1) is 8.68. The number of hydrogen-bond acceptors (Lipinski definition) is 3. The Bertz CT molecular complexity index is 424. The van der Waals surface area contributed by atoms with E-state index in [9.17, 15) is 12.3 Å². The molecule has 0 aliphatic heterocycles. The molecule has 0 saturated heterocycles. The number of nitrogens with one attached hydrogen (secondary N) is 1. The summed E-state index contributed by atoms with van der Waals surface area (Å²) in [6.07, 6.45) is 2.67. The number of nitrogens with zero attached hydrogens (tertiary/aromatic N) is 1. The van der Waals surface area contributed by atoms with E-state index in [0.29, 0.717) is 5.69 Å². The SMILES string of the molecule is O=S(=O)(F)Cc1n[nH]c2c1CCC2. The maximum Gasteiger partial charge on any atom is 0.308 e. The van der Waals surface area contributed by atoms with Gasteiger partial charge in [0.2, 0.25) is 0 Å². The molecule has 2 rings (SSSR count). The van der Waals surface area contributed by atoms with Crippen LogP contribution in [0.4, 0.5) is 3.89 Å². The van der Waals surface area contributed by atoms with Gasteiger partial charge in [-0.1, -0.05) is 0 Å². The lowest BCUT2D eigenvalue weighted by Gasteiger charge is -1.93. The fraction of sp³-hybridized carbons (Fsp3) is 0.571. The summed E-state index contributed by atoms with van der Waals surface area (Å²) in [6.45, 7) is 0. The van der Waals surface area contributed by atoms with E-state index in [2.05, 4.69) is 10.2 Å². The molecule has 1 heterocycles. The van der Waals surface area contributed by atoms with Crippen molar-refractivity contribution >= 4 is 10.2 Å². The van der Waals surface area contributed by atoms with E-state index < -0.39 is 16.0 Å². The molecule has 0 atom stereocenters. The molecule has 0 amide bonds. The maximum absolute atomic E-state index is 12.3. The van der Waals surface area contributed by atoms with Crippen molar-refractivity contribution in [3.63, 3.8) is 0 Å². The van der Waals surface area contributed by atoms with Crippen LogP contribution in [0.2, 0.25) is 0 Å². The van der Waals surface area contributed by atoms with Gasteiger partial charge in [-0.25, -0.2) is 0 Å². The van der Waals surface area contributed by atoms with Crippen molar-refractivity contribution in [2.75, 3.05) is 0 Å². The van der Waals surface area contributed by atoms with Crippen LogP contribution in [0, 0.1) is 0 Å². The summed E-state index contributed by atoms with van der Waals surface area (Å²) in [5, 5.41) is 6.51. The number of hydrogen-bond donors (Lipinski definition) is 1. The lowest BCUT2D eigenvalue weighted by Crippen LogP contribution is -1.99. The predicted octanol–water partition coefficient (Wildman–Crippen LogP) is 0.698. The summed E-state index contributed by atoms with van der Waals surface area (Å²) >= 11 is 0. The minimum absolute atomic E-state index is 0.343. The van der Waals surface area contributed by atoms with E-state index in [-0.39, 0.29) is 0 Å². The molecule has 0 unspecified atom stereocenters. The van der Waals surface area contributed by atoms with Crippen LogP contribution in [0.15, 0.2) is 0 Å². The normalized spacial score (nSPS) is 16.1. The van der Waals surface area contributed by atoms with Crippen LogP contribution in [0.3, 0.4) is 0 Å². The largest absolute Gasteiger partial charge is 0.308 e. The molecule has 4 nitrogen and oxygen atoms in total. The summed E-state index contributed by atoms with van der Waals surface area (Å²) in [5.41, 5.74) is 2.19. The van der Waals surface area contributed by atoms with Gasteiger partial charge in [0.15, 0.2) is 0 Å². The van der Waals surface area contributed by atoms with Crippen molar-refractivity contribution in [1.82, 2.24) is 10.2 Å². The highest BCUT2D eigenvalue weighted by atomic mass is 32.3. The Morgan fingerprint density at radius 1 is 1.46 bits per heavy atom. The lowest BCUT2D eigenvalue weighted by molar-refractivity contribution is 0.550. The van der Waals surface area contributed by atoms with Crippen LogP contribution in [0.1, 0.15) is 23.4 Å². The molecular formula is C7H9FN2O2S. The van der Waals surface area contributed by atoms with Crippen molar-refractivity contribution in [2.24, 2.45) is 0 Å². The fourth-order valence-corrected chi connectivity index (χ4v) is 2.24. The molecule has 0 fully saturated rings. The van der Waals surface area contributed by atoms with Crippen molar-refractivity contribution < 1.29 is 12.3 Å². The molecule has 0 radical (unpaired) electrons. The van der Waals surface area contributed by atoms with Crippen LogP contribution in [-0.4, -0.2) is 18.6 Å². The zero-order valence-corrected chi connectivity index (χ0v) is 7.69. The Morgan fingerprint density at radius 2 is 2.23 bits per heavy atom. The van der Waals surface area contributed by atoms with Crippen LogP contribution in [0.25, 0.3) is 0 Å². The summed E-state index contributed by atoms with van der Waals surface area (Å²) < 4.78 is 33.1. The van der Waals surface area contributed by atoms with Gasteiger partial charge in [-0.05, 0) is 24.8 Å². The number of aromatic nitrogens is 2. The average Bonchev–Trinajstić information content (AvgIpc) is 2.50. The second-order valence-corrected chi connectivity index (χ2v) is 4.53. The number of H-pyrrole nitrogens is 1. The predicted molar refractivity (Wildman–Crippen MR) is 44.3 cm³/mol. The van der Waals surface area contributed by atoms with Crippen LogP contribution in [0.5, 0.6) is 0 Å². The third-order valence-electron chi connectivity index (χ3n) is 2.20. The average molecular weight is 204 g/mol. The first-order chi connectivity index (χ1) is 6.06. The fourth-order valence-electron chi connectivity index (χ4n) is 1.67. The molecule has 0 saturated carbocycles. The summed E-state index contributed by atoms with van der Waals surface area (Å²) in [4.78, 5) is 0. The molecule has 0 bridgehead atoms. The maximum atomic E-state index is 12.3. The minimum atomic E-state index is -4.45. The number of fused-ring (bicyclic) bond motifs is 1. The van der Waals surface area contributed by atoms with Crippen LogP contribution >= 0.6 is 0 Å². The summed E-state index contributed by atoms with van der Waals surface area (Å²) in [6, 6.07) is 0. The van der Waals surface area contributed by atoms with E-state index in [1.807, 2.05) is 0 Å². The molecular weight excluding hydrogens is 195 g/mol. The molecule has 72 valence electrons. The first-order valence-corrected chi connectivity index (χ1v) is 5.59. The van der Waals surface area contributed by atoms with Gasteiger partial charge >= 0.3 is 10.2 Å². The van der Waals surface area contributed by atoms with Gasteiger partial charge in [0, 0.05) is 5.69 Å². The second-order valence-electron chi connectivity index (χ2n) is 3.16. The molecule has 1 aliphatic rings. The van der Waals surface area contributed by atoms with E-state index in [1.54, 1.807) is 0 Å². The van der Waals surface area contributed by atoms with E-state index in [0.717, 1.165) is 30.5 Å². The van der Waals surface area contributed by atoms with Crippen molar-refractivity contribution in [3.05, 3.63) is 17.0 Å². The molecule has 0 aromatic carbocycles. The minimum Gasteiger partial charge on any atom is -0.282 e. The van der Waals surface area contributed by atoms with Crippen molar-refractivity contribution in [3.8, 4) is 0 Å². The van der Waals surface area contributed by atoms with Crippen LogP contribution in [-0.2, 0) is 28.8 Å². The zero-order valence-electron chi connectivity index (χ0n) is 6.88. The van der Waals surface area contributed by atoms with Gasteiger partial charge in [0.1, 0.15) is 5.75 Å². The Hall–Kier alpha value is -0.910. The molecule has 1 aromatic rings. The summed E-state index contributed by atoms with van der Waals surface area (Å²) in [5.74, 6) is -0.598. The molecule has 1 N–H and O–H groups in total. The molecule has 1 aromatic heterocycles. The topological polar surface area (TPSA) is 62.8 Å². The Balaban J connectivity index is 2.32. The monoisotopic (exact) mass is 204 g/mol.